The van der Waals surface area contributed by atoms with Crippen molar-refractivity contribution >= 4 is 29.5 Å². The molecule has 0 atom stereocenters. The summed E-state index contributed by atoms with van der Waals surface area (Å²) in [4.78, 5) is 24.4. The Morgan fingerprint density at radius 1 is 1.44 bits per heavy atom. The molecule has 0 unspecified atom stereocenters. The molecule has 5 heteroatoms. The first-order valence-corrected chi connectivity index (χ1v) is 6.27. The number of halogens is 1. The monoisotopic (exact) mass is 268 g/mol. The highest BCUT2D eigenvalue weighted by molar-refractivity contribution is 6.34. The van der Waals surface area contributed by atoms with Crippen molar-refractivity contribution in [1.82, 2.24) is 5.32 Å². The number of aldehydes is 1. The quantitative estimate of drug-likeness (QED) is 0.804. The second-order valence-corrected chi connectivity index (χ2v) is 4.17. The molecule has 1 N–H and O–H groups in total. The minimum atomic E-state index is -0.0869. The van der Waals surface area contributed by atoms with Crippen LogP contribution in [0.3, 0.4) is 0 Å². The average molecular weight is 269 g/mol. The Kier molecular flexibility index (Phi) is 5.65. The first kappa shape index (κ1) is 14.5. The Morgan fingerprint density at radius 3 is 2.72 bits per heavy atom. The lowest BCUT2D eigenvalue weighted by molar-refractivity contribution is -0.119. The zero-order valence-corrected chi connectivity index (χ0v) is 11.3. The van der Waals surface area contributed by atoms with Crippen LogP contribution in [0.25, 0.3) is 0 Å². The normalized spacial score (nSPS) is 9.94. The van der Waals surface area contributed by atoms with Gasteiger partial charge in [-0.2, -0.15) is 0 Å². The summed E-state index contributed by atoms with van der Waals surface area (Å²) in [5, 5.41) is 3.20. The molecule has 0 fully saturated rings. The first-order valence-electron chi connectivity index (χ1n) is 5.89. The van der Waals surface area contributed by atoms with Crippen molar-refractivity contribution in [2.24, 2.45) is 0 Å². The summed E-state index contributed by atoms with van der Waals surface area (Å²) in [6.07, 6.45) is 0.752. The van der Waals surface area contributed by atoms with Crippen molar-refractivity contribution in [2.75, 3.05) is 24.5 Å². The van der Waals surface area contributed by atoms with Gasteiger partial charge in [0.25, 0.3) is 0 Å². The Hall–Kier alpha value is -1.55. The number of benzene rings is 1. The van der Waals surface area contributed by atoms with E-state index >= 15 is 0 Å². The minimum Gasteiger partial charge on any atom is -0.361 e. The van der Waals surface area contributed by atoms with Gasteiger partial charge in [-0.25, -0.2) is 0 Å². The number of nitrogens with zero attached hydrogens (tertiary/aromatic N) is 1. The largest absolute Gasteiger partial charge is 0.361 e. The number of amides is 1. The molecule has 0 aliphatic heterocycles. The van der Waals surface area contributed by atoms with Crippen LogP contribution in [-0.2, 0) is 4.79 Å². The summed E-state index contributed by atoms with van der Waals surface area (Å²) >= 11 is 6.11. The zero-order chi connectivity index (χ0) is 13.5. The van der Waals surface area contributed by atoms with E-state index in [1.165, 1.54) is 0 Å². The molecule has 18 heavy (non-hydrogen) atoms. The minimum absolute atomic E-state index is 0.0869. The second-order valence-electron chi connectivity index (χ2n) is 3.76. The van der Waals surface area contributed by atoms with Gasteiger partial charge in [0.15, 0.2) is 6.29 Å². The molecule has 0 saturated heterocycles. The molecule has 1 aromatic rings. The molecule has 0 heterocycles. The van der Waals surface area contributed by atoms with E-state index in [9.17, 15) is 9.59 Å². The number of para-hydroxylation sites is 1. The van der Waals surface area contributed by atoms with Crippen molar-refractivity contribution in [2.45, 2.75) is 13.8 Å². The lowest BCUT2D eigenvalue weighted by atomic mass is 10.1. The number of carbonyl (C=O) groups excluding carboxylic acids is 2. The lowest BCUT2D eigenvalue weighted by Crippen LogP contribution is -2.37. The van der Waals surface area contributed by atoms with Crippen LogP contribution in [0.15, 0.2) is 18.2 Å². The van der Waals surface area contributed by atoms with Crippen LogP contribution >= 0.6 is 11.6 Å². The maximum atomic E-state index is 11.6. The fourth-order valence-electron chi connectivity index (χ4n) is 1.74. The number of nitrogens with one attached hydrogen (secondary N) is 1. The number of carbonyl (C=O) groups is 2. The molecule has 0 saturated carbocycles. The van der Waals surface area contributed by atoms with Crippen LogP contribution in [0, 0.1) is 0 Å². The standard InChI is InChI=1S/C13H17ClN2O2/c1-3-15-12(18)8-16(4-2)13-10(9-17)6-5-7-11(13)14/h5-7,9H,3-4,8H2,1-2H3,(H,15,18). The van der Waals surface area contributed by atoms with Gasteiger partial charge in [-0.3, -0.25) is 9.59 Å². The maximum absolute atomic E-state index is 11.6. The van der Waals surface area contributed by atoms with Crippen LogP contribution in [0.2, 0.25) is 5.02 Å². The van der Waals surface area contributed by atoms with Crippen molar-refractivity contribution in [3.63, 3.8) is 0 Å². The van der Waals surface area contributed by atoms with E-state index in [2.05, 4.69) is 5.32 Å². The molecule has 1 rings (SSSR count). The third kappa shape index (κ3) is 3.47. The Labute approximate surface area is 112 Å². The molecule has 0 radical (unpaired) electrons. The fourth-order valence-corrected chi connectivity index (χ4v) is 2.04. The van der Waals surface area contributed by atoms with E-state index in [-0.39, 0.29) is 12.5 Å². The SMILES string of the molecule is CCNC(=O)CN(CC)c1c(Cl)cccc1C=O. The predicted molar refractivity (Wildman–Crippen MR) is 73.4 cm³/mol. The topological polar surface area (TPSA) is 49.4 Å². The van der Waals surface area contributed by atoms with Crippen LogP contribution < -0.4 is 10.2 Å². The van der Waals surface area contributed by atoms with Gasteiger partial charge in [-0.1, -0.05) is 17.7 Å². The molecular weight excluding hydrogens is 252 g/mol. The number of likely N-dealkylation sites (N-methyl/N-ethyl adjacent to an activating group) is 2. The van der Waals surface area contributed by atoms with Gasteiger partial charge < -0.3 is 10.2 Å². The summed E-state index contributed by atoms with van der Waals surface area (Å²) < 4.78 is 0. The lowest BCUT2D eigenvalue weighted by Gasteiger charge is -2.24. The Morgan fingerprint density at radius 2 is 2.17 bits per heavy atom. The van der Waals surface area contributed by atoms with Gasteiger partial charge in [0.1, 0.15) is 0 Å². The molecule has 1 aromatic carbocycles. The van der Waals surface area contributed by atoms with Crippen molar-refractivity contribution in [3.8, 4) is 0 Å². The van der Waals surface area contributed by atoms with E-state index in [1.54, 1.807) is 23.1 Å². The number of rotatable bonds is 6. The highest BCUT2D eigenvalue weighted by Crippen LogP contribution is 2.28. The van der Waals surface area contributed by atoms with Crippen LogP contribution in [0.5, 0.6) is 0 Å². The average Bonchev–Trinajstić information content (AvgIpc) is 2.36. The van der Waals surface area contributed by atoms with Crippen molar-refractivity contribution in [3.05, 3.63) is 28.8 Å². The number of hydrogen-bond donors (Lipinski definition) is 1. The molecule has 0 bridgehead atoms. The van der Waals surface area contributed by atoms with E-state index in [0.29, 0.717) is 29.4 Å². The number of anilines is 1. The van der Waals surface area contributed by atoms with Gasteiger partial charge in [-0.05, 0) is 26.0 Å². The maximum Gasteiger partial charge on any atom is 0.239 e. The molecule has 98 valence electrons. The highest BCUT2D eigenvalue weighted by atomic mass is 35.5. The smallest absolute Gasteiger partial charge is 0.239 e. The van der Waals surface area contributed by atoms with E-state index < -0.39 is 0 Å². The fraction of sp³-hybridized carbons (Fsp3) is 0.385. The van der Waals surface area contributed by atoms with Gasteiger partial charge in [0.05, 0.1) is 17.3 Å². The second kappa shape index (κ2) is 7.01. The van der Waals surface area contributed by atoms with Crippen molar-refractivity contribution in [1.29, 1.82) is 0 Å². The van der Waals surface area contributed by atoms with E-state index in [1.807, 2.05) is 13.8 Å². The molecule has 0 aliphatic carbocycles. The molecule has 1 amide bonds. The molecule has 0 aliphatic rings. The van der Waals surface area contributed by atoms with Gasteiger partial charge >= 0.3 is 0 Å². The Bertz CT molecular complexity index is 435. The summed E-state index contributed by atoms with van der Waals surface area (Å²) in [7, 11) is 0. The van der Waals surface area contributed by atoms with Crippen molar-refractivity contribution < 1.29 is 9.59 Å². The van der Waals surface area contributed by atoms with E-state index in [0.717, 1.165) is 6.29 Å². The summed E-state index contributed by atoms with van der Waals surface area (Å²) in [5.74, 6) is -0.0869. The molecule has 0 spiro atoms. The third-order valence-corrected chi connectivity index (χ3v) is 2.86. The highest BCUT2D eigenvalue weighted by Gasteiger charge is 2.15. The zero-order valence-electron chi connectivity index (χ0n) is 10.6. The predicted octanol–water partition coefficient (Wildman–Crippen LogP) is 2.11. The summed E-state index contributed by atoms with van der Waals surface area (Å²) in [6, 6.07) is 5.12. The molecule has 0 aromatic heterocycles. The first-order chi connectivity index (χ1) is 8.63. The van der Waals surface area contributed by atoms with Crippen LogP contribution in [-0.4, -0.2) is 31.8 Å². The van der Waals surface area contributed by atoms with Crippen LogP contribution in [0.4, 0.5) is 5.69 Å². The molecule has 4 nitrogen and oxygen atoms in total. The van der Waals surface area contributed by atoms with E-state index in [4.69, 9.17) is 11.6 Å². The van der Waals surface area contributed by atoms with Gasteiger partial charge in [0, 0.05) is 18.7 Å². The van der Waals surface area contributed by atoms with Crippen LogP contribution in [0.1, 0.15) is 24.2 Å². The Balaban J connectivity index is 3.01. The summed E-state index contributed by atoms with van der Waals surface area (Å²) in [6.45, 7) is 5.15. The molecular formula is C13H17ClN2O2. The summed E-state index contributed by atoms with van der Waals surface area (Å²) in [5.41, 5.74) is 1.11. The van der Waals surface area contributed by atoms with Gasteiger partial charge in [-0.15, -0.1) is 0 Å². The van der Waals surface area contributed by atoms with Gasteiger partial charge in [0.2, 0.25) is 5.91 Å². The third-order valence-electron chi connectivity index (χ3n) is 2.55. The number of hydrogen-bond acceptors (Lipinski definition) is 3.